The molecule has 57 heteroatoms. The molecule has 0 unspecified atom stereocenters. The van der Waals surface area contributed by atoms with Gasteiger partial charge in [-0.15, -0.1) is 0 Å². The van der Waals surface area contributed by atoms with E-state index in [1.165, 1.54) is 0 Å². The Bertz CT molecular complexity index is 4520. The maximum absolute atomic E-state index is 14.4. The second kappa shape index (κ2) is 36.9. The number of hydrogen-bond acceptors (Lipinski definition) is 8. The van der Waals surface area contributed by atoms with Crippen LogP contribution in [-0.4, -0.2) is 56.4 Å². The minimum atomic E-state index is -6.04. The maximum atomic E-state index is 14.4. The van der Waals surface area contributed by atoms with Gasteiger partial charge in [0.15, 0.2) is 11.6 Å². The fraction of sp³-hybridized carbons (Fsp3) is 0.415. The normalized spacial score (nSPS) is 18.1. The summed E-state index contributed by atoms with van der Waals surface area (Å²) in [5, 5.41) is 51.6. The summed E-state index contributed by atoms with van der Waals surface area (Å²) < 4.78 is 714. The third kappa shape index (κ3) is 23.8. The number of benzene rings is 8. The van der Waals surface area contributed by atoms with Crippen LogP contribution in [0.15, 0.2) is 146 Å². The summed E-state index contributed by atoms with van der Waals surface area (Å²) in [6.07, 6.45) is -115. The summed E-state index contributed by atoms with van der Waals surface area (Å²) in [7, 11) is 0. The van der Waals surface area contributed by atoms with Gasteiger partial charge in [-0.25, -0.2) is 0 Å². The summed E-state index contributed by atoms with van der Waals surface area (Å²) >= 11 is 0. The summed E-state index contributed by atoms with van der Waals surface area (Å²) in [6, 6.07) is -14.9. The SMILES string of the molecule is CCC1(CC)O[C@H](C(O)(c2cc(C(F)(F)F)cc(C(F)(F)F)c2)c2cc(C(F)(F)F)cc(C(F)(F)F)c2)[C@@H](C(O)(c2cc(C(F)(F)F)cc(C(F)(F)F)c2)c2cc(C(F)(F)F)cc(C(F)(F)F)c2)O1.CCC1(CC)O[C@H](C(O)(c2cc(C(F)(F)F)cc(C(F)(F)F)c2)c2cc(C(F)(F)F)cc(C(F)(F)F)c2)[C@@H](C(O)(c2cc(C(F)(F)F)cc(C(F)(F)F)c2)c2cc(C(F)(F)F)cc(C(F)(F)F)c2)O1.[Ti]. The van der Waals surface area contributed by atoms with Crippen LogP contribution in [-0.2, 0) is 162 Å². The van der Waals surface area contributed by atoms with E-state index in [4.69, 9.17) is 18.9 Å². The topological polar surface area (TPSA) is 118 Å². The van der Waals surface area contributed by atoms with E-state index < -0.39 is 462 Å². The van der Waals surface area contributed by atoms with Crippen molar-refractivity contribution in [2.75, 3.05) is 0 Å². The molecule has 0 aromatic heterocycles. The number of hydrogen-bond donors (Lipinski definition) is 4. The summed E-state index contributed by atoms with van der Waals surface area (Å²) in [6.45, 7) is 3.66. The van der Waals surface area contributed by atoms with Crippen LogP contribution in [0.2, 0.25) is 0 Å². The predicted molar refractivity (Wildman–Crippen MR) is 370 cm³/mol. The zero-order valence-corrected chi connectivity index (χ0v) is 69.6. The largest absolute Gasteiger partial charge is 0.416 e. The number of rotatable bonds is 16. The van der Waals surface area contributed by atoms with Crippen molar-refractivity contribution in [3.05, 3.63) is 279 Å². The molecule has 2 saturated heterocycles. The quantitative estimate of drug-likeness (QED) is 0.0558. The van der Waals surface area contributed by atoms with Crippen LogP contribution in [0.25, 0.3) is 0 Å². The molecule has 8 nitrogen and oxygen atoms in total. The Hall–Kier alpha value is -9.21. The van der Waals surface area contributed by atoms with Gasteiger partial charge in [0.2, 0.25) is 0 Å². The molecule has 0 amide bonds. The van der Waals surface area contributed by atoms with Gasteiger partial charge in [0.25, 0.3) is 0 Å². The van der Waals surface area contributed by atoms with Gasteiger partial charge in [0.1, 0.15) is 46.8 Å². The molecule has 10 rings (SSSR count). The van der Waals surface area contributed by atoms with E-state index >= 15 is 0 Å². The molecule has 2 fully saturated rings. The van der Waals surface area contributed by atoms with Crippen LogP contribution in [0.3, 0.4) is 0 Å². The van der Waals surface area contributed by atoms with Gasteiger partial charge in [-0.3, -0.25) is 0 Å². The molecule has 0 aliphatic carbocycles. The van der Waals surface area contributed by atoms with Gasteiger partial charge in [-0.2, -0.15) is 211 Å². The molecule has 2 heterocycles. The van der Waals surface area contributed by atoms with Crippen molar-refractivity contribution >= 4 is 0 Å². The number of alkyl halides is 48. The van der Waals surface area contributed by atoms with Crippen molar-refractivity contribution in [2.45, 2.75) is 211 Å². The Labute approximate surface area is 759 Å². The first kappa shape index (κ1) is 115. The third-order valence-electron chi connectivity index (χ3n) is 21.9. The van der Waals surface area contributed by atoms with Crippen LogP contribution in [0.5, 0.6) is 0 Å². The van der Waals surface area contributed by atoms with Crippen molar-refractivity contribution in [3.8, 4) is 0 Å². The first-order valence-electron chi connectivity index (χ1n) is 37.6. The van der Waals surface area contributed by atoms with Gasteiger partial charge < -0.3 is 39.4 Å². The predicted octanol–water partition coefficient (Wildman–Crippen LogP) is 28.6. The number of halogens is 48. The van der Waals surface area contributed by atoms with E-state index in [-0.39, 0.29) is 21.7 Å². The molecule has 0 saturated carbocycles. The molecule has 4 atom stereocenters. The van der Waals surface area contributed by atoms with Gasteiger partial charge in [0.05, 0.1) is 89.0 Å². The Balaban J connectivity index is 0.000000338. The Morgan fingerprint density at radius 3 is 0.281 bits per heavy atom. The molecule has 2 aliphatic heterocycles. The molecule has 139 heavy (non-hydrogen) atoms. The Kier molecular flexibility index (Phi) is 30.5. The zero-order valence-electron chi connectivity index (χ0n) is 68.1. The van der Waals surface area contributed by atoms with Crippen molar-refractivity contribution in [3.63, 3.8) is 0 Å². The van der Waals surface area contributed by atoms with Crippen LogP contribution >= 0.6 is 0 Å². The fourth-order valence-corrected chi connectivity index (χ4v) is 15.0. The number of aliphatic hydroxyl groups is 4. The van der Waals surface area contributed by atoms with E-state index in [1.54, 1.807) is 0 Å². The van der Waals surface area contributed by atoms with Crippen LogP contribution in [0.1, 0.15) is 187 Å². The van der Waals surface area contributed by atoms with Crippen LogP contribution in [0.4, 0.5) is 211 Å². The minimum Gasteiger partial charge on any atom is -0.378 e. The number of ether oxygens (including phenoxy) is 4. The molecule has 4 N–H and O–H groups in total. The van der Waals surface area contributed by atoms with Gasteiger partial charge in [0, 0.05) is 21.7 Å². The second-order valence-corrected chi connectivity index (χ2v) is 30.8. The molecule has 2 aliphatic rings. The minimum absolute atomic E-state index is 0. The molecule has 0 bridgehead atoms. The average Bonchev–Trinajstić information content (AvgIpc) is 1.60. The summed E-state index contributed by atoms with van der Waals surface area (Å²) in [5.74, 6) is -5.83. The summed E-state index contributed by atoms with van der Waals surface area (Å²) in [4.78, 5) is 0. The van der Waals surface area contributed by atoms with Gasteiger partial charge >= 0.3 is 98.8 Å². The van der Waals surface area contributed by atoms with Crippen molar-refractivity contribution in [1.29, 1.82) is 0 Å². The Morgan fingerprint density at radius 2 is 0.223 bits per heavy atom. The smallest absolute Gasteiger partial charge is 0.378 e. The molecule has 8 aromatic rings. The van der Waals surface area contributed by atoms with Crippen molar-refractivity contribution in [1.82, 2.24) is 0 Å². The molecule has 0 radical (unpaired) electrons. The molecule has 0 spiro atoms. The molecular formula is C82H52F48O8Ti. The first-order chi connectivity index (χ1) is 61.6. The van der Waals surface area contributed by atoms with Crippen molar-refractivity contribution in [2.24, 2.45) is 0 Å². The standard InChI is InChI=1S/2C41H26F24O4.Ti/c2*1-3-31(4-2)68-29(32(66,17-5-21(34(42,43)44)13-22(6-17)35(45,46)47)18-7-23(36(48,49)50)14-24(8-18)37(51,52)53)30(69-31)33(67,19-9-25(38(54,55)56)15-26(10-19)39(57,58)59)20-11-27(40(60,61)62)16-28(12-20)41(63,64)65;/h2*5-16,29-30,66-67H,3-4H2,1-2H3;/t2*29-,30-;/m00./s1. The molecular weight excluding hydrogens is 2070 g/mol. The molecule has 768 valence electrons. The van der Waals surface area contributed by atoms with E-state index in [0.29, 0.717) is 0 Å². The van der Waals surface area contributed by atoms with Gasteiger partial charge in [-0.1, -0.05) is 27.7 Å². The first-order valence-corrected chi connectivity index (χ1v) is 37.6. The van der Waals surface area contributed by atoms with E-state index in [0.717, 1.165) is 27.7 Å². The monoisotopic (exact) mass is 2120 g/mol. The van der Waals surface area contributed by atoms with E-state index in [9.17, 15) is 231 Å². The van der Waals surface area contributed by atoms with Crippen molar-refractivity contribution < 1.29 is 272 Å². The van der Waals surface area contributed by atoms with E-state index in [2.05, 4.69) is 0 Å². The molecule has 8 aromatic carbocycles. The summed E-state index contributed by atoms with van der Waals surface area (Å²) in [5.41, 5.74) is -77.0. The van der Waals surface area contributed by atoms with Gasteiger partial charge in [-0.05, 0) is 216 Å². The van der Waals surface area contributed by atoms with E-state index in [1.807, 2.05) is 0 Å². The third-order valence-corrected chi connectivity index (χ3v) is 21.9. The van der Waals surface area contributed by atoms with Crippen LogP contribution in [0, 0.1) is 0 Å². The zero-order chi connectivity index (χ0) is 106. The average molecular weight is 2130 g/mol. The Morgan fingerprint density at radius 1 is 0.158 bits per heavy atom. The second-order valence-electron chi connectivity index (χ2n) is 30.8. The maximum Gasteiger partial charge on any atom is 0.416 e. The van der Waals surface area contributed by atoms with Crippen LogP contribution < -0.4 is 0 Å². The fourth-order valence-electron chi connectivity index (χ4n) is 15.0.